The minimum absolute atomic E-state index is 0.00235. The first-order chi connectivity index (χ1) is 12.6. The summed E-state index contributed by atoms with van der Waals surface area (Å²) in [5.74, 6) is 0.868. The molecule has 4 nitrogen and oxygen atoms in total. The van der Waals surface area contributed by atoms with Crippen molar-refractivity contribution >= 4 is 16.8 Å². The smallest absolute Gasteiger partial charge is 0.254 e. The summed E-state index contributed by atoms with van der Waals surface area (Å²) in [6.07, 6.45) is 2.61. The monoisotopic (exact) mass is 346 g/mol. The predicted octanol–water partition coefficient (Wildman–Crippen LogP) is 4.15. The predicted molar refractivity (Wildman–Crippen MR) is 103 cm³/mol. The Morgan fingerprint density at radius 3 is 2.69 bits per heavy atom. The Hall–Kier alpha value is -2.88. The number of nitrogens with zero attached hydrogens (tertiary/aromatic N) is 2. The van der Waals surface area contributed by atoms with Crippen LogP contribution in [0.1, 0.15) is 27.9 Å². The van der Waals surface area contributed by atoms with Gasteiger partial charge in [-0.1, -0.05) is 35.4 Å². The molecule has 1 amide bonds. The van der Waals surface area contributed by atoms with Crippen LogP contribution >= 0.6 is 0 Å². The van der Waals surface area contributed by atoms with Crippen molar-refractivity contribution in [3.63, 3.8) is 0 Å². The van der Waals surface area contributed by atoms with Crippen LogP contribution in [0.2, 0.25) is 0 Å². The lowest BCUT2D eigenvalue weighted by Gasteiger charge is -2.18. The Kier molecular flexibility index (Phi) is 4.33. The normalized spacial score (nSPS) is 16.8. The van der Waals surface area contributed by atoms with E-state index in [1.165, 1.54) is 0 Å². The van der Waals surface area contributed by atoms with E-state index in [0.717, 1.165) is 39.8 Å². The molecule has 1 aromatic heterocycles. The van der Waals surface area contributed by atoms with Gasteiger partial charge in [0.2, 0.25) is 0 Å². The zero-order valence-electron chi connectivity index (χ0n) is 15.1. The number of carbonyl (C=O) groups is 1. The van der Waals surface area contributed by atoms with E-state index in [-0.39, 0.29) is 12.0 Å². The molecule has 1 aliphatic rings. The fraction of sp³-hybridized carbons (Fsp3) is 0.273. The number of hydrogen-bond donors (Lipinski definition) is 0. The minimum atomic E-state index is -0.00235. The number of pyridine rings is 1. The Labute approximate surface area is 153 Å². The third kappa shape index (κ3) is 3.27. The van der Waals surface area contributed by atoms with Gasteiger partial charge in [-0.05, 0) is 38.1 Å². The number of fused-ring (bicyclic) bond motifs is 1. The number of benzene rings is 2. The van der Waals surface area contributed by atoms with Crippen molar-refractivity contribution in [1.82, 2.24) is 9.88 Å². The highest BCUT2D eigenvalue weighted by Crippen LogP contribution is 2.26. The fourth-order valence-corrected chi connectivity index (χ4v) is 3.64. The topological polar surface area (TPSA) is 42.4 Å². The van der Waals surface area contributed by atoms with E-state index in [1.807, 2.05) is 61.2 Å². The van der Waals surface area contributed by atoms with Crippen molar-refractivity contribution in [3.05, 3.63) is 71.4 Å². The lowest BCUT2D eigenvalue weighted by atomic mass is 10.1. The second-order valence-corrected chi connectivity index (χ2v) is 6.99. The average Bonchev–Trinajstić information content (AvgIpc) is 3.09. The number of hydrogen-bond acceptors (Lipinski definition) is 3. The summed E-state index contributed by atoms with van der Waals surface area (Å²) in [5, 5.41) is 1.06. The zero-order valence-corrected chi connectivity index (χ0v) is 15.1. The van der Waals surface area contributed by atoms with Gasteiger partial charge in [-0.2, -0.15) is 0 Å². The van der Waals surface area contributed by atoms with E-state index >= 15 is 0 Å². The Morgan fingerprint density at radius 2 is 1.88 bits per heavy atom. The van der Waals surface area contributed by atoms with Gasteiger partial charge >= 0.3 is 0 Å². The molecule has 0 aliphatic carbocycles. The van der Waals surface area contributed by atoms with E-state index in [9.17, 15) is 4.79 Å². The molecule has 1 atom stereocenters. The molecule has 4 rings (SSSR count). The molecule has 1 saturated heterocycles. The fourth-order valence-electron chi connectivity index (χ4n) is 3.64. The van der Waals surface area contributed by atoms with Crippen molar-refractivity contribution in [1.29, 1.82) is 0 Å². The molecule has 1 unspecified atom stereocenters. The molecule has 4 heteroatoms. The first-order valence-electron chi connectivity index (χ1n) is 8.98. The number of rotatable bonds is 3. The quantitative estimate of drug-likeness (QED) is 0.716. The number of likely N-dealkylation sites (tertiary alicyclic amines) is 1. The second-order valence-electron chi connectivity index (χ2n) is 6.99. The third-order valence-corrected chi connectivity index (χ3v) is 4.79. The molecule has 26 heavy (non-hydrogen) atoms. The molecular weight excluding hydrogens is 324 g/mol. The van der Waals surface area contributed by atoms with Gasteiger partial charge in [0.15, 0.2) is 0 Å². The van der Waals surface area contributed by atoms with E-state index < -0.39 is 0 Å². The highest BCUT2D eigenvalue weighted by atomic mass is 16.5. The van der Waals surface area contributed by atoms with E-state index in [4.69, 9.17) is 4.74 Å². The first kappa shape index (κ1) is 16.6. The molecule has 0 saturated carbocycles. The third-order valence-electron chi connectivity index (χ3n) is 4.79. The van der Waals surface area contributed by atoms with Gasteiger partial charge < -0.3 is 9.64 Å². The standard InChI is InChI=1S/C22H22N2O2/c1-15-11-16(2)13-18(12-15)22(25)24-10-8-19(14-24)26-20-7-3-5-17-6-4-9-23-21(17)20/h3-7,9,11-13,19H,8,10,14H2,1-2H3. The Balaban J connectivity index is 1.49. The van der Waals surface area contributed by atoms with E-state index in [2.05, 4.69) is 11.1 Å². The molecule has 0 spiro atoms. The van der Waals surface area contributed by atoms with Crippen LogP contribution in [0.5, 0.6) is 5.75 Å². The van der Waals surface area contributed by atoms with Gasteiger partial charge in [-0.15, -0.1) is 0 Å². The summed E-state index contributed by atoms with van der Waals surface area (Å²) >= 11 is 0. The summed E-state index contributed by atoms with van der Waals surface area (Å²) in [6, 6.07) is 15.9. The molecule has 1 fully saturated rings. The van der Waals surface area contributed by atoms with Crippen LogP contribution < -0.4 is 4.74 Å². The SMILES string of the molecule is Cc1cc(C)cc(C(=O)N2CCC(Oc3cccc4cccnc34)C2)c1. The van der Waals surface area contributed by atoms with Crippen LogP contribution in [0.3, 0.4) is 0 Å². The van der Waals surface area contributed by atoms with Gasteiger partial charge in [0, 0.05) is 30.1 Å². The summed E-state index contributed by atoms with van der Waals surface area (Å²) < 4.78 is 6.20. The first-order valence-corrected chi connectivity index (χ1v) is 8.98. The van der Waals surface area contributed by atoms with Gasteiger partial charge in [0.25, 0.3) is 5.91 Å². The van der Waals surface area contributed by atoms with Crippen LogP contribution in [-0.4, -0.2) is 35.0 Å². The number of para-hydroxylation sites is 1. The van der Waals surface area contributed by atoms with E-state index in [1.54, 1.807) is 6.20 Å². The Morgan fingerprint density at radius 1 is 1.12 bits per heavy atom. The van der Waals surface area contributed by atoms with Crippen molar-refractivity contribution in [2.24, 2.45) is 0 Å². The minimum Gasteiger partial charge on any atom is -0.486 e. The molecule has 132 valence electrons. The number of aromatic nitrogens is 1. The van der Waals surface area contributed by atoms with Gasteiger partial charge in [-0.3, -0.25) is 9.78 Å². The van der Waals surface area contributed by atoms with Crippen molar-refractivity contribution in [2.75, 3.05) is 13.1 Å². The maximum Gasteiger partial charge on any atom is 0.254 e. The van der Waals surface area contributed by atoms with Crippen LogP contribution in [-0.2, 0) is 0 Å². The summed E-state index contributed by atoms with van der Waals surface area (Å²) in [7, 11) is 0. The number of amides is 1. The summed E-state index contributed by atoms with van der Waals surface area (Å²) in [4.78, 5) is 19.1. The summed E-state index contributed by atoms with van der Waals surface area (Å²) in [5.41, 5.74) is 3.86. The molecule has 2 heterocycles. The number of ether oxygens (including phenoxy) is 1. The molecule has 1 aliphatic heterocycles. The summed E-state index contributed by atoms with van der Waals surface area (Å²) in [6.45, 7) is 5.37. The number of carbonyl (C=O) groups excluding carboxylic acids is 1. The molecule has 0 bridgehead atoms. The van der Waals surface area contributed by atoms with Crippen molar-refractivity contribution in [3.8, 4) is 5.75 Å². The number of aryl methyl sites for hydroxylation is 2. The maximum atomic E-state index is 12.8. The molecule has 0 radical (unpaired) electrons. The molecular formula is C22H22N2O2. The van der Waals surface area contributed by atoms with Crippen LogP contribution in [0, 0.1) is 13.8 Å². The van der Waals surface area contributed by atoms with Crippen LogP contribution in [0.25, 0.3) is 10.9 Å². The lowest BCUT2D eigenvalue weighted by Crippen LogP contribution is -2.31. The van der Waals surface area contributed by atoms with Crippen molar-refractivity contribution < 1.29 is 9.53 Å². The highest BCUT2D eigenvalue weighted by molar-refractivity contribution is 5.94. The maximum absolute atomic E-state index is 12.8. The van der Waals surface area contributed by atoms with Gasteiger partial charge in [-0.25, -0.2) is 0 Å². The van der Waals surface area contributed by atoms with Gasteiger partial charge in [0.05, 0.1) is 6.54 Å². The van der Waals surface area contributed by atoms with E-state index in [0.29, 0.717) is 13.1 Å². The Bertz CT molecular complexity index is 942. The molecule has 3 aromatic rings. The molecule has 2 aromatic carbocycles. The van der Waals surface area contributed by atoms with Gasteiger partial charge in [0.1, 0.15) is 17.4 Å². The zero-order chi connectivity index (χ0) is 18.1. The lowest BCUT2D eigenvalue weighted by molar-refractivity contribution is 0.0772. The molecule has 0 N–H and O–H groups in total. The largest absolute Gasteiger partial charge is 0.486 e. The average molecular weight is 346 g/mol. The highest BCUT2D eigenvalue weighted by Gasteiger charge is 2.28. The van der Waals surface area contributed by atoms with Crippen LogP contribution in [0.4, 0.5) is 0 Å². The van der Waals surface area contributed by atoms with Crippen molar-refractivity contribution in [2.45, 2.75) is 26.4 Å². The van der Waals surface area contributed by atoms with Crippen LogP contribution in [0.15, 0.2) is 54.7 Å². The second kappa shape index (κ2) is 6.79.